The molecule has 0 saturated heterocycles. The van der Waals surface area contributed by atoms with Crippen molar-refractivity contribution >= 4 is 39.1 Å². The first kappa shape index (κ1) is 17.1. The van der Waals surface area contributed by atoms with Crippen molar-refractivity contribution < 1.29 is 9.59 Å². The molecule has 0 spiro atoms. The van der Waals surface area contributed by atoms with Crippen LogP contribution in [0.1, 0.15) is 28.7 Å². The third kappa shape index (κ3) is 4.64. The fourth-order valence-corrected chi connectivity index (χ4v) is 3.52. The highest BCUT2D eigenvalue weighted by Crippen LogP contribution is 2.22. The number of para-hydroxylation sites is 1. The lowest BCUT2D eigenvalue weighted by atomic mass is 10.2. The number of carbonyl (C=O) groups excluding carboxylic acids is 2. The highest BCUT2D eigenvalue weighted by atomic mass is 32.1. The third-order valence-corrected chi connectivity index (χ3v) is 4.73. The van der Waals surface area contributed by atoms with E-state index in [0.717, 1.165) is 23.4 Å². The van der Waals surface area contributed by atoms with Crippen LogP contribution in [0.3, 0.4) is 0 Å². The van der Waals surface area contributed by atoms with E-state index in [1.165, 1.54) is 11.6 Å². The summed E-state index contributed by atoms with van der Waals surface area (Å²) >= 11 is 1.70. The summed E-state index contributed by atoms with van der Waals surface area (Å²) in [6, 6.07) is 15.0. The summed E-state index contributed by atoms with van der Waals surface area (Å²) in [6.45, 7) is 2.02. The van der Waals surface area contributed by atoms with E-state index >= 15 is 0 Å². The molecule has 0 bridgehead atoms. The fourth-order valence-electron chi connectivity index (χ4n) is 2.51. The number of aromatic nitrogens is 1. The molecule has 5 nitrogen and oxygen atoms in total. The number of anilines is 1. The maximum Gasteiger partial charge on any atom is 0.251 e. The molecule has 2 N–H and O–H groups in total. The van der Waals surface area contributed by atoms with Gasteiger partial charge in [0.25, 0.3) is 5.91 Å². The second-order valence-electron chi connectivity index (χ2n) is 5.70. The average molecular weight is 353 g/mol. The summed E-state index contributed by atoms with van der Waals surface area (Å²) in [5.74, 6) is -0.301. The highest BCUT2D eigenvalue weighted by molar-refractivity contribution is 7.18. The summed E-state index contributed by atoms with van der Waals surface area (Å²) in [5, 5.41) is 6.67. The van der Waals surface area contributed by atoms with E-state index in [4.69, 9.17) is 0 Å². The molecule has 0 fully saturated rings. The molecule has 0 aliphatic heterocycles. The zero-order chi connectivity index (χ0) is 17.6. The molecule has 128 valence electrons. The molecule has 1 heterocycles. The summed E-state index contributed by atoms with van der Waals surface area (Å²) < 4.78 is 1.19. The molecule has 0 radical (unpaired) electrons. The van der Waals surface area contributed by atoms with Gasteiger partial charge in [-0.1, -0.05) is 18.2 Å². The van der Waals surface area contributed by atoms with Gasteiger partial charge in [0.2, 0.25) is 5.91 Å². The largest absolute Gasteiger partial charge is 0.352 e. The Morgan fingerprint density at radius 1 is 1.12 bits per heavy atom. The van der Waals surface area contributed by atoms with Gasteiger partial charge in [0.05, 0.1) is 15.2 Å². The topological polar surface area (TPSA) is 71.1 Å². The van der Waals surface area contributed by atoms with Gasteiger partial charge < -0.3 is 10.6 Å². The Hall–Kier alpha value is -2.73. The quantitative estimate of drug-likeness (QED) is 0.665. The number of aryl methyl sites for hydroxylation is 1. The molecule has 25 heavy (non-hydrogen) atoms. The summed E-state index contributed by atoms with van der Waals surface area (Å²) in [4.78, 5) is 27.9. The van der Waals surface area contributed by atoms with Crippen LogP contribution in [0.2, 0.25) is 0 Å². The standard InChI is InChI=1S/C19H19N3O2S/c1-13(23)21-15-7-4-6-14(12-15)19(24)20-11-5-10-18-22-16-8-2-3-9-17(16)25-18/h2-4,6-9,12H,5,10-11H2,1H3,(H,20,24)(H,21,23). The van der Waals surface area contributed by atoms with Crippen LogP contribution in [-0.2, 0) is 11.2 Å². The summed E-state index contributed by atoms with van der Waals surface area (Å²) in [7, 11) is 0. The van der Waals surface area contributed by atoms with Crippen molar-refractivity contribution in [3.8, 4) is 0 Å². The van der Waals surface area contributed by atoms with Crippen molar-refractivity contribution in [2.24, 2.45) is 0 Å². The van der Waals surface area contributed by atoms with Gasteiger partial charge in [0.15, 0.2) is 0 Å². The molecular weight excluding hydrogens is 334 g/mol. The van der Waals surface area contributed by atoms with E-state index < -0.39 is 0 Å². The second kappa shape index (κ2) is 7.90. The molecule has 6 heteroatoms. The number of hydrogen-bond acceptors (Lipinski definition) is 4. The number of benzene rings is 2. The molecule has 2 amide bonds. The minimum absolute atomic E-state index is 0.142. The third-order valence-electron chi connectivity index (χ3n) is 3.64. The van der Waals surface area contributed by atoms with Crippen LogP contribution in [0.25, 0.3) is 10.2 Å². The molecule has 3 aromatic rings. The first-order valence-electron chi connectivity index (χ1n) is 8.12. The molecule has 0 saturated carbocycles. The normalized spacial score (nSPS) is 10.6. The van der Waals surface area contributed by atoms with E-state index in [9.17, 15) is 9.59 Å². The first-order valence-corrected chi connectivity index (χ1v) is 8.94. The van der Waals surface area contributed by atoms with Crippen molar-refractivity contribution in [1.29, 1.82) is 0 Å². The fraction of sp³-hybridized carbons (Fsp3) is 0.211. The highest BCUT2D eigenvalue weighted by Gasteiger charge is 2.07. The monoisotopic (exact) mass is 353 g/mol. The molecule has 0 unspecified atom stereocenters. The van der Waals surface area contributed by atoms with E-state index in [-0.39, 0.29) is 11.8 Å². The molecular formula is C19H19N3O2S. The van der Waals surface area contributed by atoms with Crippen LogP contribution >= 0.6 is 11.3 Å². The van der Waals surface area contributed by atoms with Crippen molar-refractivity contribution in [2.45, 2.75) is 19.8 Å². The lowest BCUT2D eigenvalue weighted by Crippen LogP contribution is -2.24. The predicted octanol–water partition coefficient (Wildman–Crippen LogP) is 3.62. The first-order chi connectivity index (χ1) is 12.1. The van der Waals surface area contributed by atoms with Crippen molar-refractivity contribution in [1.82, 2.24) is 10.3 Å². The van der Waals surface area contributed by atoms with E-state index in [1.54, 1.807) is 35.6 Å². The Morgan fingerprint density at radius 2 is 1.96 bits per heavy atom. The Labute approximate surface area is 150 Å². The number of thiazole rings is 1. The van der Waals surface area contributed by atoms with Gasteiger partial charge in [0.1, 0.15) is 0 Å². The molecule has 0 atom stereocenters. The number of rotatable bonds is 6. The van der Waals surface area contributed by atoms with Crippen molar-refractivity contribution in [2.75, 3.05) is 11.9 Å². The zero-order valence-corrected chi connectivity index (χ0v) is 14.7. The summed E-state index contributed by atoms with van der Waals surface area (Å²) in [6.07, 6.45) is 1.67. The lowest BCUT2D eigenvalue weighted by molar-refractivity contribution is -0.114. The van der Waals surface area contributed by atoms with Gasteiger partial charge in [-0.3, -0.25) is 9.59 Å². The van der Waals surface area contributed by atoms with Gasteiger partial charge >= 0.3 is 0 Å². The molecule has 0 aliphatic rings. The van der Waals surface area contributed by atoms with Crippen LogP contribution in [0.15, 0.2) is 48.5 Å². The van der Waals surface area contributed by atoms with E-state index in [1.807, 2.05) is 18.2 Å². The number of carbonyl (C=O) groups is 2. The Kier molecular flexibility index (Phi) is 5.40. The van der Waals surface area contributed by atoms with Gasteiger partial charge in [-0.05, 0) is 36.8 Å². The Balaban J connectivity index is 1.50. The van der Waals surface area contributed by atoms with Crippen molar-refractivity contribution in [3.63, 3.8) is 0 Å². The van der Waals surface area contributed by atoms with E-state index in [2.05, 4.69) is 21.7 Å². The van der Waals surface area contributed by atoms with Gasteiger partial charge in [0, 0.05) is 31.1 Å². The van der Waals surface area contributed by atoms with Crippen LogP contribution in [0, 0.1) is 0 Å². The van der Waals surface area contributed by atoms with Gasteiger partial charge in [-0.15, -0.1) is 11.3 Å². The van der Waals surface area contributed by atoms with Crippen molar-refractivity contribution in [3.05, 3.63) is 59.1 Å². The number of nitrogens with zero attached hydrogens (tertiary/aromatic N) is 1. The zero-order valence-electron chi connectivity index (χ0n) is 13.9. The second-order valence-corrected chi connectivity index (χ2v) is 6.81. The molecule has 3 rings (SSSR count). The molecule has 2 aromatic carbocycles. The smallest absolute Gasteiger partial charge is 0.251 e. The van der Waals surface area contributed by atoms with Crippen LogP contribution in [-0.4, -0.2) is 23.3 Å². The Bertz CT molecular complexity index is 871. The average Bonchev–Trinajstić information content (AvgIpc) is 3.01. The SMILES string of the molecule is CC(=O)Nc1cccc(C(=O)NCCCc2nc3ccccc3s2)c1. The number of fused-ring (bicyclic) bond motifs is 1. The van der Waals surface area contributed by atoms with Gasteiger partial charge in [-0.25, -0.2) is 4.98 Å². The van der Waals surface area contributed by atoms with Crippen LogP contribution in [0.4, 0.5) is 5.69 Å². The number of hydrogen-bond donors (Lipinski definition) is 2. The predicted molar refractivity (Wildman–Crippen MR) is 101 cm³/mol. The molecule has 0 aliphatic carbocycles. The maximum atomic E-state index is 12.2. The Morgan fingerprint density at radius 3 is 2.76 bits per heavy atom. The number of amides is 2. The lowest BCUT2D eigenvalue weighted by Gasteiger charge is -2.07. The van der Waals surface area contributed by atoms with Crippen LogP contribution < -0.4 is 10.6 Å². The minimum atomic E-state index is -0.159. The minimum Gasteiger partial charge on any atom is -0.352 e. The maximum absolute atomic E-state index is 12.2. The molecule has 1 aromatic heterocycles. The van der Waals surface area contributed by atoms with Gasteiger partial charge in [-0.2, -0.15) is 0 Å². The number of nitrogens with one attached hydrogen (secondary N) is 2. The van der Waals surface area contributed by atoms with Crippen LogP contribution in [0.5, 0.6) is 0 Å². The van der Waals surface area contributed by atoms with E-state index in [0.29, 0.717) is 17.8 Å². The summed E-state index contributed by atoms with van der Waals surface area (Å²) in [5.41, 5.74) is 2.18.